The fourth-order valence-electron chi connectivity index (χ4n) is 4.82. The molecule has 7 nitrogen and oxygen atoms in total. The number of amides is 2. The predicted molar refractivity (Wildman–Crippen MR) is 131 cm³/mol. The van der Waals surface area contributed by atoms with Crippen LogP contribution in [-0.4, -0.2) is 52.3 Å². The molecule has 0 aliphatic carbocycles. The summed E-state index contributed by atoms with van der Waals surface area (Å²) in [5, 5.41) is 9.61. The Labute approximate surface area is 202 Å². The number of carbonyl (C=O) groups is 2. The highest BCUT2D eigenvalue weighted by Gasteiger charge is 2.43. The van der Waals surface area contributed by atoms with Gasteiger partial charge in [0.2, 0.25) is 5.91 Å². The van der Waals surface area contributed by atoms with Gasteiger partial charge in [0.25, 0.3) is 5.91 Å². The number of hydrogen-bond donors (Lipinski definition) is 0. The second-order valence-corrected chi connectivity index (χ2v) is 10.5. The molecule has 3 heterocycles. The molecule has 0 radical (unpaired) electrons. The summed E-state index contributed by atoms with van der Waals surface area (Å²) in [6, 6.07) is 10.1. The van der Waals surface area contributed by atoms with Crippen LogP contribution in [0, 0.1) is 17.4 Å². The monoisotopic (exact) mass is 459 g/mol. The van der Waals surface area contributed by atoms with E-state index < -0.39 is 12.1 Å². The molecular weight excluding hydrogens is 426 g/mol. The molecule has 2 amide bonds. The first-order valence-electron chi connectivity index (χ1n) is 12.0. The van der Waals surface area contributed by atoms with Crippen LogP contribution in [0.5, 0.6) is 0 Å². The van der Waals surface area contributed by atoms with Crippen LogP contribution >= 0.6 is 0 Å². The van der Waals surface area contributed by atoms with Gasteiger partial charge in [0, 0.05) is 43.3 Å². The Bertz CT molecular complexity index is 1060. The molecule has 2 aliphatic rings. The number of pyridine rings is 1. The number of anilines is 1. The van der Waals surface area contributed by atoms with Gasteiger partial charge in [0.1, 0.15) is 12.1 Å². The molecule has 2 saturated heterocycles. The van der Waals surface area contributed by atoms with Crippen molar-refractivity contribution in [2.24, 2.45) is 5.92 Å². The van der Waals surface area contributed by atoms with Gasteiger partial charge in [-0.2, -0.15) is 5.26 Å². The van der Waals surface area contributed by atoms with Crippen molar-refractivity contribution >= 4 is 17.5 Å². The molecule has 2 unspecified atom stereocenters. The largest absolute Gasteiger partial charge is 0.340 e. The van der Waals surface area contributed by atoms with Crippen molar-refractivity contribution in [3.8, 4) is 6.19 Å². The Morgan fingerprint density at radius 3 is 2.44 bits per heavy atom. The lowest BCUT2D eigenvalue weighted by atomic mass is 9.87. The van der Waals surface area contributed by atoms with Crippen LogP contribution in [0.15, 0.2) is 48.8 Å². The van der Waals surface area contributed by atoms with Crippen LogP contribution in [0.1, 0.15) is 57.7 Å². The molecule has 0 saturated carbocycles. The molecule has 1 aromatic heterocycles. The smallest absolute Gasteiger partial charge is 0.251 e. The first-order valence-corrected chi connectivity index (χ1v) is 12.0. The lowest BCUT2D eigenvalue weighted by molar-refractivity contribution is -0.140. The molecule has 4 rings (SSSR count). The standard InChI is InChI=1S/C27H33N5O2/c1-19-16-31(17-19)26(34)24(20-7-5-13-29-15-20)32(25(33)23-8-6-14-30(23)18-28)22-11-9-21(10-12-22)27(2,3)4/h5,7,9-13,15,19,23-24H,6,8,14,16-17H2,1-4H3. The Kier molecular flexibility index (Phi) is 6.60. The highest BCUT2D eigenvalue weighted by molar-refractivity contribution is 6.04. The van der Waals surface area contributed by atoms with Gasteiger partial charge in [-0.3, -0.25) is 24.4 Å². The third-order valence-electron chi connectivity index (χ3n) is 6.78. The van der Waals surface area contributed by atoms with Gasteiger partial charge in [-0.15, -0.1) is 0 Å². The number of benzene rings is 1. The SMILES string of the molecule is CC1CN(C(=O)C(c2cccnc2)N(C(=O)C2CCCN2C#N)c2ccc(C(C)(C)C)cc2)C1. The van der Waals surface area contributed by atoms with E-state index in [1.54, 1.807) is 23.4 Å². The fourth-order valence-corrected chi connectivity index (χ4v) is 4.82. The van der Waals surface area contributed by atoms with Crippen molar-refractivity contribution in [3.05, 3.63) is 59.9 Å². The Balaban J connectivity index is 1.81. The van der Waals surface area contributed by atoms with Gasteiger partial charge in [0.05, 0.1) is 0 Å². The number of nitriles is 1. The molecular formula is C27H33N5O2. The molecule has 178 valence electrons. The van der Waals surface area contributed by atoms with E-state index in [0.717, 1.165) is 12.0 Å². The number of rotatable bonds is 5. The molecule has 2 aliphatic heterocycles. The van der Waals surface area contributed by atoms with Crippen LogP contribution in [0.25, 0.3) is 0 Å². The van der Waals surface area contributed by atoms with Gasteiger partial charge in [-0.1, -0.05) is 45.9 Å². The fraction of sp³-hybridized carbons (Fsp3) is 0.481. The van der Waals surface area contributed by atoms with E-state index >= 15 is 0 Å². The maximum absolute atomic E-state index is 14.1. The summed E-state index contributed by atoms with van der Waals surface area (Å²) in [7, 11) is 0. The summed E-state index contributed by atoms with van der Waals surface area (Å²) < 4.78 is 0. The minimum atomic E-state index is -0.838. The topological polar surface area (TPSA) is 80.5 Å². The third kappa shape index (κ3) is 4.63. The molecule has 0 N–H and O–H groups in total. The van der Waals surface area contributed by atoms with Crippen LogP contribution in [0.2, 0.25) is 0 Å². The van der Waals surface area contributed by atoms with Crippen molar-refractivity contribution in [3.63, 3.8) is 0 Å². The van der Waals surface area contributed by atoms with E-state index in [0.29, 0.717) is 43.2 Å². The first-order chi connectivity index (χ1) is 16.2. The molecule has 7 heteroatoms. The van der Waals surface area contributed by atoms with E-state index in [1.807, 2.05) is 35.2 Å². The summed E-state index contributed by atoms with van der Waals surface area (Å²) in [5.74, 6) is 0.108. The minimum Gasteiger partial charge on any atom is -0.340 e. The number of hydrogen-bond acceptors (Lipinski definition) is 5. The predicted octanol–water partition coefficient (Wildman–Crippen LogP) is 3.88. The molecule has 1 aromatic carbocycles. The lowest BCUT2D eigenvalue weighted by Gasteiger charge is -2.42. The average Bonchev–Trinajstić information content (AvgIpc) is 3.29. The Morgan fingerprint density at radius 1 is 1.18 bits per heavy atom. The molecule has 2 aromatic rings. The van der Waals surface area contributed by atoms with E-state index in [1.165, 1.54) is 4.90 Å². The van der Waals surface area contributed by atoms with Crippen LogP contribution in [-0.2, 0) is 15.0 Å². The second kappa shape index (κ2) is 9.46. The number of nitrogens with zero attached hydrogens (tertiary/aromatic N) is 5. The van der Waals surface area contributed by atoms with E-state index in [9.17, 15) is 14.9 Å². The van der Waals surface area contributed by atoms with E-state index in [2.05, 4.69) is 38.9 Å². The van der Waals surface area contributed by atoms with Crippen molar-refractivity contribution in [1.29, 1.82) is 5.26 Å². The van der Waals surface area contributed by atoms with E-state index in [4.69, 9.17) is 0 Å². The highest BCUT2D eigenvalue weighted by atomic mass is 16.2. The lowest BCUT2D eigenvalue weighted by Crippen LogP contribution is -2.56. The van der Waals surface area contributed by atoms with Gasteiger partial charge in [-0.05, 0) is 47.9 Å². The summed E-state index contributed by atoms with van der Waals surface area (Å²) in [6.45, 7) is 10.4. The third-order valence-corrected chi connectivity index (χ3v) is 6.78. The molecule has 34 heavy (non-hydrogen) atoms. The molecule has 2 fully saturated rings. The van der Waals surface area contributed by atoms with Crippen LogP contribution < -0.4 is 4.90 Å². The molecule has 0 spiro atoms. The van der Waals surface area contributed by atoms with Crippen LogP contribution in [0.3, 0.4) is 0 Å². The summed E-state index contributed by atoms with van der Waals surface area (Å²) in [6.07, 6.45) is 6.86. The number of aromatic nitrogens is 1. The van der Waals surface area contributed by atoms with Gasteiger partial charge < -0.3 is 4.90 Å². The maximum atomic E-state index is 14.1. The average molecular weight is 460 g/mol. The highest BCUT2D eigenvalue weighted by Crippen LogP contribution is 2.35. The minimum absolute atomic E-state index is 0.0389. The van der Waals surface area contributed by atoms with Crippen molar-refractivity contribution < 1.29 is 9.59 Å². The van der Waals surface area contributed by atoms with Gasteiger partial charge in [-0.25, -0.2) is 0 Å². The maximum Gasteiger partial charge on any atom is 0.251 e. The zero-order valence-corrected chi connectivity index (χ0v) is 20.4. The van der Waals surface area contributed by atoms with Crippen LogP contribution in [0.4, 0.5) is 5.69 Å². The number of likely N-dealkylation sites (tertiary alicyclic amines) is 2. The zero-order chi connectivity index (χ0) is 24.5. The summed E-state index contributed by atoms with van der Waals surface area (Å²) in [5.41, 5.74) is 2.42. The number of carbonyl (C=O) groups excluding carboxylic acids is 2. The quantitative estimate of drug-likeness (QED) is 0.634. The van der Waals surface area contributed by atoms with Crippen molar-refractivity contribution in [2.75, 3.05) is 24.5 Å². The van der Waals surface area contributed by atoms with Gasteiger partial charge in [0.15, 0.2) is 6.19 Å². The summed E-state index contributed by atoms with van der Waals surface area (Å²) in [4.78, 5) is 37.1. The molecule has 2 atom stereocenters. The van der Waals surface area contributed by atoms with Crippen molar-refractivity contribution in [2.45, 2.75) is 58.0 Å². The van der Waals surface area contributed by atoms with Gasteiger partial charge >= 0.3 is 0 Å². The molecule has 0 bridgehead atoms. The Morgan fingerprint density at radius 2 is 1.88 bits per heavy atom. The van der Waals surface area contributed by atoms with Crippen molar-refractivity contribution in [1.82, 2.24) is 14.8 Å². The second-order valence-electron chi connectivity index (χ2n) is 10.5. The normalized spacial score (nSPS) is 19.3. The first kappa shape index (κ1) is 23.7. The zero-order valence-electron chi connectivity index (χ0n) is 20.4. The summed E-state index contributed by atoms with van der Waals surface area (Å²) >= 11 is 0. The Hall–Kier alpha value is -3.40. The van der Waals surface area contributed by atoms with E-state index in [-0.39, 0.29) is 17.2 Å².